The Morgan fingerprint density at radius 1 is 1.24 bits per heavy atom. The maximum absolute atomic E-state index is 13.2. The lowest BCUT2D eigenvalue weighted by Gasteiger charge is -2.35. The standard InChI is InChI=1S/C23H29N5O3S2/c1-14-16(3)32-22-20(14)21(25-13-26-22)28-10-8-17(9-11-28)23(29)27(4)15(2)18-6-5-7-19(12-18)33(24,30)31/h5-7,12-13,15,17H,8-11H2,1-4H3,(H2,24,30,31). The smallest absolute Gasteiger partial charge is 0.238 e. The largest absolute Gasteiger partial charge is 0.356 e. The molecule has 10 heteroatoms. The summed E-state index contributed by atoms with van der Waals surface area (Å²) < 4.78 is 23.4. The average molecular weight is 488 g/mol. The van der Waals surface area contributed by atoms with Gasteiger partial charge in [0.25, 0.3) is 0 Å². The molecule has 1 fully saturated rings. The number of aromatic nitrogens is 2. The second-order valence-corrected chi connectivity index (χ2v) is 11.4. The van der Waals surface area contributed by atoms with Crippen LogP contribution in [0.2, 0.25) is 0 Å². The molecule has 0 radical (unpaired) electrons. The molecule has 2 aromatic heterocycles. The van der Waals surface area contributed by atoms with E-state index in [0.29, 0.717) is 0 Å². The summed E-state index contributed by atoms with van der Waals surface area (Å²) >= 11 is 1.69. The molecule has 0 aliphatic carbocycles. The van der Waals surface area contributed by atoms with Gasteiger partial charge in [-0.25, -0.2) is 23.5 Å². The van der Waals surface area contributed by atoms with Crippen LogP contribution in [0.25, 0.3) is 10.2 Å². The number of thiophene rings is 1. The van der Waals surface area contributed by atoms with Gasteiger partial charge in [-0.1, -0.05) is 12.1 Å². The summed E-state index contributed by atoms with van der Waals surface area (Å²) in [5, 5.41) is 6.38. The third-order valence-corrected chi connectivity index (χ3v) is 8.71. The minimum Gasteiger partial charge on any atom is -0.356 e. The number of nitrogens with zero attached hydrogens (tertiary/aromatic N) is 4. The Morgan fingerprint density at radius 3 is 2.61 bits per heavy atom. The highest BCUT2D eigenvalue weighted by Gasteiger charge is 2.31. The Morgan fingerprint density at radius 2 is 1.94 bits per heavy atom. The van der Waals surface area contributed by atoms with E-state index in [1.165, 1.54) is 22.6 Å². The van der Waals surface area contributed by atoms with Crippen molar-refractivity contribution in [2.75, 3.05) is 25.0 Å². The normalized spacial score (nSPS) is 16.2. The van der Waals surface area contributed by atoms with Crippen LogP contribution in [0.5, 0.6) is 0 Å². The van der Waals surface area contributed by atoms with Crippen molar-refractivity contribution in [3.63, 3.8) is 0 Å². The van der Waals surface area contributed by atoms with Gasteiger partial charge in [0.15, 0.2) is 0 Å². The zero-order valence-electron chi connectivity index (χ0n) is 19.3. The van der Waals surface area contributed by atoms with Crippen LogP contribution in [0.4, 0.5) is 5.82 Å². The molecule has 1 aromatic carbocycles. The molecule has 1 saturated heterocycles. The number of carbonyl (C=O) groups is 1. The zero-order chi connectivity index (χ0) is 23.9. The van der Waals surface area contributed by atoms with Crippen molar-refractivity contribution in [1.82, 2.24) is 14.9 Å². The maximum Gasteiger partial charge on any atom is 0.238 e. The van der Waals surface area contributed by atoms with Crippen LogP contribution in [0.3, 0.4) is 0 Å². The maximum atomic E-state index is 13.2. The number of primary sulfonamides is 1. The molecule has 8 nitrogen and oxygen atoms in total. The lowest BCUT2D eigenvalue weighted by molar-refractivity contribution is -0.136. The molecule has 0 saturated carbocycles. The van der Waals surface area contributed by atoms with E-state index in [9.17, 15) is 13.2 Å². The van der Waals surface area contributed by atoms with E-state index in [1.54, 1.807) is 35.7 Å². The minimum atomic E-state index is -3.79. The monoisotopic (exact) mass is 487 g/mol. The highest BCUT2D eigenvalue weighted by Crippen LogP contribution is 2.36. The number of anilines is 1. The average Bonchev–Trinajstić information content (AvgIpc) is 3.10. The molecule has 3 aromatic rings. The van der Waals surface area contributed by atoms with Crippen LogP contribution < -0.4 is 10.0 Å². The fourth-order valence-electron chi connectivity index (χ4n) is 4.40. The van der Waals surface area contributed by atoms with Crippen molar-refractivity contribution in [3.8, 4) is 0 Å². The molecule has 1 unspecified atom stereocenters. The fourth-order valence-corrected chi connectivity index (χ4v) is 5.96. The predicted molar refractivity (Wildman–Crippen MR) is 131 cm³/mol. The van der Waals surface area contributed by atoms with Gasteiger partial charge < -0.3 is 9.80 Å². The first-order valence-electron chi connectivity index (χ1n) is 10.9. The Labute approximate surface area is 198 Å². The number of rotatable bonds is 5. The van der Waals surface area contributed by atoms with Crippen LogP contribution in [-0.2, 0) is 14.8 Å². The molecule has 2 N–H and O–H groups in total. The van der Waals surface area contributed by atoms with Gasteiger partial charge in [-0.2, -0.15) is 0 Å². The van der Waals surface area contributed by atoms with Crippen molar-refractivity contribution in [2.24, 2.45) is 11.1 Å². The molecule has 0 bridgehead atoms. The van der Waals surface area contributed by atoms with Crippen LogP contribution in [0.1, 0.15) is 41.8 Å². The Balaban J connectivity index is 1.46. The Kier molecular flexibility index (Phi) is 6.43. The van der Waals surface area contributed by atoms with Crippen LogP contribution in [0.15, 0.2) is 35.5 Å². The van der Waals surface area contributed by atoms with Crippen molar-refractivity contribution in [2.45, 2.75) is 44.6 Å². The SMILES string of the molecule is Cc1sc2ncnc(N3CCC(C(=O)N(C)C(C)c4cccc(S(N)(=O)=O)c4)CC3)c2c1C. The van der Waals surface area contributed by atoms with Gasteiger partial charge in [-0.15, -0.1) is 11.3 Å². The fraction of sp³-hybridized carbons (Fsp3) is 0.435. The molecule has 1 aliphatic rings. The van der Waals surface area contributed by atoms with E-state index in [-0.39, 0.29) is 22.8 Å². The molecule has 1 aliphatic heterocycles. The minimum absolute atomic E-state index is 0.0520. The second-order valence-electron chi connectivity index (χ2n) is 8.66. The third-order valence-electron chi connectivity index (χ3n) is 6.69. The van der Waals surface area contributed by atoms with Gasteiger partial charge in [0, 0.05) is 30.9 Å². The van der Waals surface area contributed by atoms with Gasteiger partial charge in [0.2, 0.25) is 15.9 Å². The van der Waals surface area contributed by atoms with E-state index >= 15 is 0 Å². The number of piperidine rings is 1. The molecule has 176 valence electrons. The molecular formula is C23H29N5O3S2. The summed E-state index contributed by atoms with van der Waals surface area (Å²) in [4.78, 5) is 28.5. The lowest BCUT2D eigenvalue weighted by atomic mass is 9.94. The summed E-state index contributed by atoms with van der Waals surface area (Å²) in [7, 11) is -2.02. The van der Waals surface area contributed by atoms with Crippen molar-refractivity contribution in [1.29, 1.82) is 0 Å². The number of carbonyl (C=O) groups excluding carboxylic acids is 1. The number of fused-ring (bicyclic) bond motifs is 1. The molecule has 1 atom stereocenters. The van der Waals surface area contributed by atoms with Crippen molar-refractivity contribution < 1.29 is 13.2 Å². The van der Waals surface area contributed by atoms with Crippen LogP contribution in [-0.4, -0.2) is 49.3 Å². The van der Waals surface area contributed by atoms with Crippen LogP contribution >= 0.6 is 11.3 Å². The van der Waals surface area contributed by atoms with E-state index in [1.807, 2.05) is 13.0 Å². The van der Waals surface area contributed by atoms with E-state index in [2.05, 4.69) is 28.7 Å². The van der Waals surface area contributed by atoms with Crippen molar-refractivity contribution in [3.05, 3.63) is 46.6 Å². The van der Waals surface area contributed by atoms with Gasteiger partial charge in [0.05, 0.1) is 16.3 Å². The lowest BCUT2D eigenvalue weighted by Crippen LogP contribution is -2.42. The molecule has 1 amide bonds. The Hall–Kier alpha value is -2.56. The highest BCUT2D eigenvalue weighted by atomic mass is 32.2. The summed E-state index contributed by atoms with van der Waals surface area (Å²) in [5.74, 6) is 0.936. The highest BCUT2D eigenvalue weighted by molar-refractivity contribution is 7.89. The Bertz CT molecular complexity index is 1300. The quantitative estimate of drug-likeness (QED) is 0.591. The van der Waals surface area contributed by atoms with Gasteiger partial charge in [-0.05, 0) is 56.9 Å². The number of aryl methyl sites for hydroxylation is 2. The molecule has 0 spiro atoms. The zero-order valence-corrected chi connectivity index (χ0v) is 20.9. The number of amides is 1. The van der Waals surface area contributed by atoms with Crippen LogP contribution in [0, 0.1) is 19.8 Å². The summed E-state index contributed by atoms with van der Waals surface area (Å²) in [5.41, 5.74) is 1.96. The van der Waals surface area contributed by atoms with Gasteiger partial charge >= 0.3 is 0 Å². The summed E-state index contributed by atoms with van der Waals surface area (Å²) in [6.07, 6.45) is 3.09. The predicted octanol–water partition coefficient (Wildman–Crippen LogP) is 3.39. The van der Waals surface area contributed by atoms with E-state index < -0.39 is 10.0 Å². The van der Waals surface area contributed by atoms with E-state index in [0.717, 1.165) is 47.5 Å². The van der Waals surface area contributed by atoms with Gasteiger partial charge in [0.1, 0.15) is 17.0 Å². The third kappa shape index (κ3) is 4.60. The molecule has 3 heterocycles. The topological polar surface area (TPSA) is 109 Å². The number of sulfonamides is 1. The second kappa shape index (κ2) is 9.00. The first kappa shape index (κ1) is 23.6. The molecule has 33 heavy (non-hydrogen) atoms. The van der Waals surface area contributed by atoms with Crippen molar-refractivity contribution >= 4 is 43.3 Å². The summed E-state index contributed by atoms with van der Waals surface area (Å²) in [6.45, 7) is 7.61. The van der Waals surface area contributed by atoms with Gasteiger partial charge in [-0.3, -0.25) is 4.79 Å². The molecule has 4 rings (SSSR count). The number of hydrogen-bond acceptors (Lipinski definition) is 7. The number of benzene rings is 1. The first-order chi connectivity index (χ1) is 15.6. The number of nitrogens with two attached hydrogens (primary N) is 1. The van der Waals surface area contributed by atoms with E-state index in [4.69, 9.17) is 5.14 Å². The number of hydrogen-bond donors (Lipinski definition) is 1. The first-order valence-corrected chi connectivity index (χ1v) is 13.3. The summed E-state index contributed by atoms with van der Waals surface area (Å²) in [6, 6.07) is 6.20. The molecular weight excluding hydrogens is 458 g/mol.